The maximum absolute atomic E-state index is 6.00. The van der Waals surface area contributed by atoms with Gasteiger partial charge in [-0.1, -0.05) is 35.5 Å². The second kappa shape index (κ2) is 6.42. The summed E-state index contributed by atoms with van der Waals surface area (Å²) in [5.74, 6) is 1.63. The Labute approximate surface area is 138 Å². The van der Waals surface area contributed by atoms with Crippen LogP contribution in [0.25, 0.3) is 11.4 Å². The zero-order chi connectivity index (χ0) is 15.5. The van der Waals surface area contributed by atoms with Crippen molar-refractivity contribution < 1.29 is 0 Å². The molecule has 22 heavy (non-hydrogen) atoms. The molecule has 0 atom stereocenters. The van der Waals surface area contributed by atoms with Crippen molar-refractivity contribution in [3.05, 3.63) is 59.1 Å². The Morgan fingerprint density at radius 2 is 1.91 bits per heavy atom. The highest BCUT2D eigenvalue weighted by atomic mass is 35.5. The van der Waals surface area contributed by atoms with Crippen molar-refractivity contribution in [3.8, 4) is 11.4 Å². The zero-order valence-electron chi connectivity index (χ0n) is 12.0. The molecule has 0 fully saturated rings. The van der Waals surface area contributed by atoms with Gasteiger partial charge in [-0.3, -0.25) is 0 Å². The molecular weight excluding hydrogens is 316 g/mol. The van der Waals surface area contributed by atoms with E-state index in [4.69, 9.17) is 17.3 Å². The Hall–Kier alpha value is -1.98. The number of benzene rings is 2. The molecule has 6 heteroatoms. The molecule has 1 heterocycles. The molecule has 4 nitrogen and oxygen atoms in total. The number of hydrogen-bond donors (Lipinski definition) is 1. The van der Waals surface area contributed by atoms with Crippen LogP contribution in [0.3, 0.4) is 0 Å². The standard InChI is InChI=1S/C16H15ClN4S/c1-21-15(12-5-7-14(18)8-6-12)19-20-16(21)22-10-11-3-2-4-13(17)9-11/h2-9H,10,18H2,1H3. The topological polar surface area (TPSA) is 56.7 Å². The highest BCUT2D eigenvalue weighted by Gasteiger charge is 2.11. The number of halogens is 1. The van der Waals surface area contributed by atoms with Crippen LogP contribution in [-0.2, 0) is 12.8 Å². The molecule has 0 saturated heterocycles. The SMILES string of the molecule is Cn1c(SCc2cccc(Cl)c2)nnc1-c1ccc(N)cc1. The van der Waals surface area contributed by atoms with Crippen LogP contribution in [0.5, 0.6) is 0 Å². The number of rotatable bonds is 4. The summed E-state index contributed by atoms with van der Waals surface area (Å²) >= 11 is 7.64. The van der Waals surface area contributed by atoms with Gasteiger partial charge in [0.15, 0.2) is 11.0 Å². The van der Waals surface area contributed by atoms with Crippen LogP contribution >= 0.6 is 23.4 Å². The van der Waals surface area contributed by atoms with Crippen molar-refractivity contribution in [2.24, 2.45) is 7.05 Å². The van der Waals surface area contributed by atoms with Gasteiger partial charge in [0.05, 0.1) is 0 Å². The first-order valence-electron chi connectivity index (χ1n) is 6.76. The van der Waals surface area contributed by atoms with Crippen LogP contribution in [0, 0.1) is 0 Å². The molecule has 1 aromatic heterocycles. The summed E-state index contributed by atoms with van der Waals surface area (Å²) in [4.78, 5) is 0. The number of thioether (sulfide) groups is 1. The third kappa shape index (κ3) is 3.26. The number of aromatic nitrogens is 3. The third-order valence-electron chi connectivity index (χ3n) is 3.26. The molecule has 0 aliphatic carbocycles. The first-order chi connectivity index (χ1) is 10.6. The lowest BCUT2D eigenvalue weighted by Crippen LogP contribution is -1.95. The lowest BCUT2D eigenvalue weighted by atomic mass is 10.2. The van der Waals surface area contributed by atoms with E-state index in [-0.39, 0.29) is 0 Å². The van der Waals surface area contributed by atoms with Gasteiger partial charge in [-0.2, -0.15) is 0 Å². The fourth-order valence-electron chi connectivity index (χ4n) is 2.10. The Morgan fingerprint density at radius 3 is 2.64 bits per heavy atom. The molecule has 0 amide bonds. The van der Waals surface area contributed by atoms with Crippen molar-refractivity contribution >= 4 is 29.1 Å². The van der Waals surface area contributed by atoms with Gasteiger partial charge in [-0.15, -0.1) is 10.2 Å². The van der Waals surface area contributed by atoms with Crippen LogP contribution in [0.2, 0.25) is 5.02 Å². The van der Waals surface area contributed by atoms with Crippen LogP contribution < -0.4 is 5.73 Å². The number of nitrogens with two attached hydrogens (primary N) is 1. The number of nitrogen functional groups attached to an aromatic ring is 1. The maximum atomic E-state index is 6.00. The van der Waals surface area contributed by atoms with Crippen molar-refractivity contribution in [1.82, 2.24) is 14.8 Å². The zero-order valence-corrected chi connectivity index (χ0v) is 13.6. The molecule has 0 saturated carbocycles. The summed E-state index contributed by atoms with van der Waals surface area (Å²) in [7, 11) is 1.96. The van der Waals surface area contributed by atoms with E-state index >= 15 is 0 Å². The highest BCUT2D eigenvalue weighted by Crippen LogP contribution is 2.26. The number of hydrogen-bond acceptors (Lipinski definition) is 4. The molecule has 0 bridgehead atoms. The quantitative estimate of drug-likeness (QED) is 0.580. The molecule has 0 radical (unpaired) electrons. The monoisotopic (exact) mass is 330 g/mol. The van der Waals surface area contributed by atoms with Crippen LogP contribution in [-0.4, -0.2) is 14.8 Å². The van der Waals surface area contributed by atoms with Crippen molar-refractivity contribution in [2.45, 2.75) is 10.9 Å². The number of anilines is 1. The predicted octanol–water partition coefficient (Wildman–Crippen LogP) is 4.01. The van der Waals surface area contributed by atoms with E-state index in [2.05, 4.69) is 16.3 Å². The van der Waals surface area contributed by atoms with Crippen molar-refractivity contribution in [1.29, 1.82) is 0 Å². The van der Waals surface area contributed by atoms with Gasteiger partial charge in [-0.05, 0) is 42.0 Å². The molecule has 0 spiro atoms. The summed E-state index contributed by atoms with van der Waals surface area (Å²) in [6.45, 7) is 0. The summed E-state index contributed by atoms with van der Waals surface area (Å²) in [5, 5.41) is 10.2. The average Bonchev–Trinajstić information content (AvgIpc) is 2.87. The Morgan fingerprint density at radius 1 is 1.14 bits per heavy atom. The van der Waals surface area contributed by atoms with Crippen LogP contribution in [0.15, 0.2) is 53.7 Å². The van der Waals surface area contributed by atoms with Gasteiger partial charge >= 0.3 is 0 Å². The third-order valence-corrected chi connectivity index (χ3v) is 4.59. The summed E-state index contributed by atoms with van der Waals surface area (Å²) in [6, 6.07) is 15.5. The van der Waals surface area contributed by atoms with Gasteiger partial charge in [0.1, 0.15) is 0 Å². The Bertz CT molecular complexity index is 783. The molecule has 112 valence electrons. The molecule has 2 aromatic carbocycles. The smallest absolute Gasteiger partial charge is 0.191 e. The Balaban J connectivity index is 1.77. The van der Waals surface area contributed by atoms with E-state index in [0.717, 1.165) is 38.6 Å². The minimum atomic E-state index is 0.737. The summed E-state index contributed by atoms with van der Waals surface area (Å²) in [6.07, 6.45) is 0. The van der Waals surface area contributed by atoms with E-state index in [1.165, 1.54) is 0 Å². The van der Waals surface area contributed by atoms with Crippen LogP contribution in [0.1, 0.15) is 5.56 Å². The van der Waals surface area contributed by atoms with Gasteiger partial charge in [0, 0.05) is 29.1 Å². The van der Waals surface area contributed by atoms with Crippen molar-refractivity contribution in [2.75, 3.05) is 5.73 Å². The molecule has 0 unspecified atom stereocenters. The normalized spacial score (nSPS) is 10.8. The van der Waals surface area contributed by atoms with E-state index in [1.54, 1.807) is 11.8 Å². The molecule has 0 aliphatic heterocycles. The van der Waals surface area contributed by atoms with E-state index in [0.29, 0.717) is 0 Å². The van der Waals surface area contributed by atoms with Crippen molar-refractivity contribution in [3.63, 3.8) is 0 Å². The largest absolute Gasteiger partial charge is 0.399 e. The average molecular weight is 331 g/mol. The predicted molar refractivity (Wildman–Crippen MR) is 91.9 cm³/mol. The molecule has 3 aromatic rings. The maximum Gasteiger partial charge on any atom is 0.191 e. The molecular formula is C16H15ClN4S. The lowest BCUT2D eigenvalue weighted by molar-refractivity contribution is 0.794. The fraction of sp³-hybridized carbons (Fsp3) is 0.125. The van der Waals surface area contributed by atoms with Gasteiger partial charge in [-0.25, -0.2) is 0 Å². The second-order valence-corrected chi connectivity index (χ2v) is 6.28. The molecule has 3 rings (SSSR count). The van der Waals surface area contributed by atoms with Gasteiger partial charge < -0.3 is 10.3 Å². The minimum Gasteiger partial charge on any atom is -0.399 e. The lowest BCUT2D eigenvalue weighted by Gasteiger charge is -2.05. The molecule has 0 aliphatic rings. The van der Waals surface area contributed by atoms with E-state index < -0.39 is 0 Å². The minimum absolute atomic E-state index is 0.737. The second-order valence-electron chi connectivity index (χ2n) is 4.91. The van der Waals surface area contributed by atoms with Gasteiger partial charge in [0.2, 0.25) is 0 Å². The van der Waals surface area contributed by atoms with E-state index in [1.807, 2.05) is 54.1 Å². The first kappa shape index (κ1) is 14.9. The highest BCUT2D eigenvalue weighted by molar-refractivity contribution is 7.98. The molecule has 2 N–H and O–H groups in total. The first-order valence-corrected chi connectivity index (χ1v) is 8.12. The fourth-order valence-corrected chi connectivity index (χ4v) is 3.17. The number of nitrogens with zero attached hydrogens (tertiary/aromatic N) is 3. The van der Waals surface area contributed by atoms with Gasteiger partial charge in [0.25, 0.3) is 0 Å². The summed E-state index contributed by atoms with van der Waals surface area (Å²) < 4.78 is 1.99. The van der Waals surface area contributed by atoms with E-state index in [9.17, 15) is 0 Å². The summed E-state index contributed by atoms with van der Waals surface area (Å²) in [5.41, 5.74) is 8.61. The van der Waals surface area contributed by atoms with Crippen LogP contribution in [0.4, 0.5) is 5.69 Å². The Kier molecular flexibility index (Phi) is 4.36.